The quantitative estimate of drug-likeness (QED) is 0.482. The summed E-state index contributed by atoms with van der Waals surface area (Å²) in [4.78, 5) is 69.0. The number of aromatic hydroxyl groups is 1. The minimum atomic E-state index is -2.71. The van der Waals surface area contributed by atoms with E-state index in [9.17, 15) is 34.2 Å². The molecule has 3 aliphatic rings. The summed E-state index contributed by atoms with van der Waals surface area (Å²) in [6, 6.07) is 0.651. The second-order valence-electron chi connectivity index (χ2n) is 10.1. The summed E-state index contributed by atoms with van der Waals surface area (Å²) in [5.74, 6) is -10.3. The molecule has 10 nitrogen and oxygen atoms in total. The van der Waals surface area contributed by atoms with Gasteiger partial charge in [-0.1, -0.05) is 0 Å². The van der Waals surface area contributed by atoms with Crippen molar-refractivity contribution in [1.29, 1.82) is 0 Å². The zero-order chi connectivity index (χ0) is 25.4. The monoisotopic (exact) mass is 471 g/mol. The normalized spacial score (nSPS) is 32.9. The van der Waals surface area contributed by atoms with Gasteiger partial charge in [-0.25, -0.2) is 0 Å². The third kappa shape index (κ3) is 2.98. The van der Waals surface area contributed by atoms with Gasteiger partial charge in [0.25, 0.3) is 0 Å². The second-order valence-corrected chi connectivity index (χ2v) is 10.1. The van der Waals surface area contributed by atoms with E-state index < -0.39 is 64.4 Å². The van der Waals surface area contributed by atoms with Crippen LogP contribution in [0.25, 0.3) is 0 Å². The van der Waals surface area contributed by atoms with E-state index in [1.54, 1.807) is 41.2 Å². The number of phenols is 1. The van der Waals surface area contributed by atoms with E-state index in [2.05, 4.69) is 0 Å². The maximum Gasteiger partial charge on any atom is 0.235 e. The Morgan fingerprint density at radius 2 is 1.74 bits per heavy atom. The molecule has 2 fully saturated rings. The summed E-state index contributed by atoms with van der Waals surface area (Å²) < 4.78 is 0. The third-order valence-corrected chi connectivity index (χ3v) is 7.71. The predicted octanol–water partition coefficient (Wildman–Crippen LogP) is -0.759. The number of carbonyl (C=O) groups excluding carboxylic acids is 5. The number of benzene rings is 1. The fraction of sp³-hybridized carbons (Fsp3) is 0.542. The molecule has 182 valence electrons. The van der Waals surface area contributed by atoms with Crippen molar-refractivity contribution in [2.45, 2.75) is 31.4 Å². The van der Waals surface area contributed by atoms with Gasteiger partial charge in [-0.2, -0.15) is 0 Å². The molecule has 0 aliphatic heterocycles. The van der Waals surface area contributed by atoms with Crippen molar-refractivity contribution in [1.82, 2.24) is 4.90 Å². The largest absolute Gasteiger partial charge is 0.507 e. The molecule has 0 spiro atoms. The van der Waals surface area contributed by atoms with E-state index in [4.69, 9.17) is 5.73 Å². The molecule has 10 heteroatoms. The van der Waals surface area contributed by atoms with Gasteiger partial charge < -0.3 is 20.8 Å². The van der Waals surface area contributed by atoms with Crippen molar-refractivity contribution in [3.05, 3.63) is 22.8 Å². The van der Waals surface area contributed by atoms with Crippen LogP contribution >= 0.6 is 0 Å². The van der Waals surface area contributed by atoms with Gasteiger partial charge in [0.2, 0.25) is 5.91 Å². The van der Waals surface area contributed by atoms with Crippen molar-refractivity contribution < 1.29 is 34.2 Å². The van der Waals surface area contributed by atoms with Crippen LogP contribution in [0.4, 0.5) is 5.69 Å². The van der Waals surface area contributed by atoms with Crippen LogP contribution in [-0.4, -0.2) is 84.0 Å². The maximum atomic E-state index is 13.7. The molecule has 6 atom stereocenters. The van der Waals surface area contributed by atoms with Gasteiger partial charge in [0.15, 0.2) is 34.7 Å². The number of hydrogen-bond acceptors (Lipinski definition) is 9. The lowest BCUT2D eigenvalue weighted by Crippen LogP contribution is -2.74. The molecule has 4 rings (SSSR count). The van der Waals surface area contributed by atoms with Crippen LogP contribution in [0.1, 0.15) is 27.9 Å². The number of aryl methyl sites for hydroxylation is 1. The first kappa shape index (κ1) is 24.0. The molecule has 1 aromatic rings. The number of Topliss-reactive ketones (excluding diaryl/α,β-unsaturated/α-hetero) is 4. The number of carbonyl (C=O) groups is 5. The number of phenolic OH excluding ortho intramolecular Hbond substituents is 1. The molecule has 3 aliphatic carbocycles. The summed E-state index contributed by atoms with van der Waals surface area (Å²) in [6.45, 7) is 1.64. The Balaban J connectivity index is 1.91. The van der Waals surface area contributed by atoms with Crippen molar-refractivity contribution in [2.24, 2.45) is 29.4 Å². The minimum Gasteiger partial charge on any atom is -0.507 e. The predicted molar refractivity (Wildman–Crippen MR) is 120 cm³/mol. The summed E-state index contributed by atoms with van der Waals surface area (Å²) in [5, 5.41) is 22.3. The van der Waals surface area contributed by atoms with E-state index in [1.165, 1.54) is 4.90 Å². The molecule has 4 unspecified atom stereocenters. The van der Waals surface area contributed by atoms with E-state index >= 15 is 0 Å². The number of fused-ring (bicyclic) bond motifs is 3. The topological polar surface area (TPSA) is 158 Å². The SMILES string of the molecule is Cc1cc(N(C)C)c2c(c1O)C(=O)C1C(=O)[C@]3(O)C(=O)C(C(N)=O)C(=O)[C@@H](N(C)C)C3CC1C2. The van der Waals surface area contributed by atoms with Crippen LogP contribution in [0.2, 0.25) is 0 Å². The van der Waals surface area contributed by atoms with Gasteiger partial charge in [-0.15, -0.1) is 0 Å². The average molecular weight is 472 g/mol. The molecule has 0 radical (unpaired) electrons. The van der Waals surface area contributed by atoms with Gasteiger partial charge in [0.1, 0.15) is 5.75 Å². The van der Waals surface area contributed by atoms with Crippen LogP contribution in [0.15, 0.2) is 6.07 Å². The first-order valence-corrected chi connectivity index (χ1v) is 11.1. The Morgan fingerprint density at radius 3 is 2.26 bits per heavy atom. The molecular weight excluding hydrogens is 442 g/mol. The first-order valence-electron chi connectivity index (χ1n) is 11.1. The Morgan fingerprint density at radius 1 is 1.12 bits per heavy atom. The highest BCUT2D eigenvalue weighted by molar-refractivity contribution is 6.32. The maximum absolute atomic E-state index is 13.7. The number of anilines is 1. The highest BCUT2D eigenvalue weighted by Crippen LogP contribution is 2.52. The van der Waals surface area contributed by atoms with Crippen molar-refractivity contribution >= 4 is 34.7 Å². The lowest BCUT2D eigenvalue weighted by Gasteiger charge is -2.52. The van der Waals surface area contributed by atoms with Crippen LogP contribution in [0, 0.1) is 30.6 Å². The third-order valence-electron chi connectivity index (χ3n) is 7.71. The molecule has 1 amide bonds. The van der Waals surface area contributed by atoms with Crippen LogP contribution in [-0.2, 0) is 25.6 Å². The van der Waals surface area contributed by atoms with Gasteiger partial charge in [-0.3, -0.25) is 28.9 Å². The minimum absolute atomic E-state index is 0.00953. The Bertz CT molecular complexity index is 1160. The number of aliphatic hydroxyl groups is 1. The van der Waals surface area contributed by atoms with E-state index in [1.807, 2.05) is 4.90 Å². The van der Waals surface area contributed by atoms with Gasteiger partial charge in [0.05, 0.1) is 17.5 Å². The second kappa shape index (κ2) is 7.71. The average Bonchev–Trinajstić information content (AvgIpc) is 2.72. The van der Waals surface area contributed by atoms with Gasteiger partial charge >= 0.3 is 0 Å². The fourth-order valence-electron chi connectivity index (χ4n) is 6.18. The molecule has 0 saturated heterocycles. The Hall–Kier alpha value is -3.11. The van der Waals surface area contributed by atoms with Crippen molar-refractivity contribution in [3.63, 3.8) is 0 Å². The molecular formula is C24H29N3O7. The number of nitrogens with zero attached hydrogens (tertiary/aromatic N) is 2. The Labute approximate surface area is 196 Å². The van der Waals surface area contributed by atoms with Gasteiger partial charge in [0, 0.05) is 25.7 Å². The zero-order valence-electron chi connectivity index (χ0n) is 19.8. The summed E-state index contributed by atoms with van der Waals surface area (Å²) >= 11 is 0. The number of nitrogens with two attached hydrogens (primary N) is 1. The number of amides is 1. The highest BCUT2D eigenvalue weighted by Gasteiger charge is 2.69. The number of likely N-dealkylation sites (N-methyl/N-ethyl adjacent to an activating group) is 1. The van der Waals surface area contributed by atoms with Gasteiger partial charge in [-0.05, 0) is 57.0 Å². The van der Waals surface area contributed by atoms with E-state index in [-0.39, 0.29) is 24.2 Å². The molecule has 0 heterocycles. The van der Waals surface area contributed by atoms with Crippen LogP contribution in [0.3, 0.4) is 0 Å². The van der Waals surface area contributed by atoms with E-state index in [0.29, 0.717) is 11.1 Å². The standard InChI is InChI=1S/C24H29N3O7/c1-9-6-13(26(2)3)11-7-10-8-12-17(27(4)5)20(30)16(23(25)33)22(32)24(12,34)21(31)14(10)19(29)15(11)18(9)28/h6,10,12,14,16-17,28,34H,7-8H2,1-5H3,(H2,25,33)/t10?,12?,14?,16?,17-,24-/m0/s1. The number of rotatable bonds is 3. The molecule has 0 aromatic heterocycles. The summed E-state index contributed by atoms with van der Waals surface area (Å²) in [5.41, 5.74) is 4.38. The Kier molecular flexibility index (Phi) is 5.45. The number of hydrogen-bond donors (Lipinski definition) is 3. The summed E-state index contributed by atoms with van der Waals surface area (Å²) in [7, 11) is 6.72. The molecule has 34 heavy (non-hydrogen) atoms. The van der Waals surface area contributed by atoms with E-state index in [0.717, 1.165) is 5.69 Å². The highest BCUT2D eigenvalue weighted by atomic mass is 16.3. The zero-order valence-corrected chi connectivity index (χ0v) is 19.8. The molecule has 1 aromatic carbocycles. The van der Waals surface area contributed by atoms with Crippen LogP contribution in [0.5, 0.6) is 5.75 Å². The molecule has 4 N–H and O–H groups in total. The lowest BCUT2D eigenvalue weighted by atomic mass is 9.52. The van der Waals surface area contributed by atoms with Crippen molar-refractivity contribution in [3.8, 4) is 5.75 Å². The molecule has 2 saturated carbocycles. The fourth-order valence-corrected chi connectivity index (χ4v) is 6.18. The lowest BCUT2D eigenvalue weighted by molar-refractivity contribution is -0.181. The smallest absolute Gasteiger partial charge is 0.235 e. The first-order chi connectivity index (χ1) is 15.7. The summed E-state index contributed by atoms with van der Waals surface area (Å²) in [6.07, 6.45) is 0.276. The number of primary amides is 1. The van der Waals surface area contributed by atoms with Crippen LogP contribution < -0.4 is 10.6 Å². The number of ketones is 4. The van der Waals surface area contributed by atoms with Crippen molar-refractivity contribution in [2.75, 3.05) is 33.1 Å². The molecule has 0 bridgehead atoms.